The zero-order valence-corrected chi connectivity index (χ0v) is 17.0. The molecular formula is C24H31NS. The smallest absolute Gasteiger partial charge is 0.0855 e. The fourth-order valence-electron chi connectivity index (χ4n) is 4.03. The Labute approximate surface area is 164 Å². The van der Waals surface area contributed by atoms with Gasteiger partial charge in [0.1, 0.15) is 0 Å². The van der Waals surface area contributed by atoms with E-state index < -0.39 is 0 Å². The molecule has 0 radical (unpaired) electrons. The summed E-state index contributed by atoms with van der Waals surface area (Å²) in [6, 6.07) is 19.8. The number of rotatable bonds is 7. The predicted octanol–water partition coefficient (Wildman–Crippen LogP) is 6.90. The lowest BCUT2D eigenvalue weighted by Gasteiger charge is -2.40. The third-order valence-electron chi connectivity index (χ3n) is 5.61. The Morgan fingerprint density at radius 2 is 1.69 bits per heavy atom. The van der Waals surface area contributed by atoms with Crippen LogP contribution in [0.4, 0.5) is 5.69 Å². The molecule has 2 aromatic rings. The minimum atomic E-state index is 0.516. The first-order valence-electron chi connectivity index (χ1n) is 10.1. The van der Waals surface area contributed by atoms with Crippen molar-refractivity contribution in [1.82, 2.24) is 0 Å². The van der Waals surface area contributed by atoms with Gasteiger partial charge in [-0.1, -0.05) is 92.9 Å². The molecule has 0 aliphatic carbocycles. The van der Waals surface area contributed by atoms with E-state index in [1.807, 2.05) is 0 Å². The molecular weight excluding hydrogens is 334 g/mol. The lowest BCUT2D eigenvalue weighted by atomic mass is 9.81. The summed E-state index contributed by atoms with van der Waals surface area (Å²) in [6.07, 6.45) is 7.67. The molecule has 1 nitrogen and oxygen atoms in total. The number of piperidine rings is 1. The lowest BCUT2D eigenvalue weighted by molar-refractivity contribution is 0.453. The fourth-order valence-corrected chi connectivity index (χ4v) is 4.42. The lowest BCUT2D eigenvalue weighted by Crippen LogP contribution is -2.43. The largest absolute Gasteiger partial charge is 0.335 e. The number of nitrogens with zero attached hydrogens (tertiary/aromatic N) is 1. The van der Waals surface area contributed by atoms with Gasteiger partial charge in [-0.2, -0.15) is 0 Å². The van der Waals surface area contributed by atoms with Gasteiger partial charge in [0.25, 0.3) is 0 Å². The van der Waals surface area contributed by atoms with Gasteiger partial charge in [0.15, 0.2) is 0 Å². The van der Waals surface area contributed by atoms with E-state index >= 15 is 0 Å². The van der Waals surface area contributed by atoms with Crippen LogP contribution in [0.5, 0.6) is 0 Å². The van der Waals surface area contributed by atoms with E-state index in [4.69, 9.17) is 12.2 Å². The van der Waals surface area contributed by atoms with Crippen LogP contribution in [0.3, 0.4) is 0 Å². The first-order chi connectivity index (χ1) is 12.7. The molecule has 2 atom stereocenters. The highest BCUT2D eigenvalue weighted by Gasteiger charge is 2.32. The van der Waals surface area contributed by atoms with E-state index in [9.17, 15) is 0 Å². The topological polar surface area (TPSA) is 3.24 Å². The molecule has 138 valence electrons. The predicted molar refractivity (Wildman–Crippen MR) is 117 cm³/mol. The number of hydrogen-bond acceptors (Lipinski definition) is 1. The van der Waals surface area contributed by atoms with Gasteiger partial charge in [-0.05, 0) is 37.5 Å². The van der Waals surface area contributed by atoms with Crippen molar-refractivity contribution in [2.45, 2.75) is 58.3 Å². The molecule has 0 aromatic heterocycles. The molecule has 0 saturated carbocycles. The second-order valence-electron chi connectivity index (χ2n) is 7.67. The van der Waals surface area contributed by atoms with Crippen molar-refractivity contribution in [2.24, 2.45) is 5.92 Å². The van der Waals surface area contributed by atoms with Crippen molar-refractivity contribution in [2.75, 3.05) is 11.4 Å². The van der Waals surface area contributed by atoms with E-state index in [0.717, 1.165) is 11.5 Å². The summed E-state index contributed by atoms with van der Waals surface area (Å²) in [5, 5.41) is 0. The van der Waals surface area contributed by atoms with Crippen LogP contribution in [0.25, 0.3) is 0 Å². The maximum atomic E-state index is 5.96. The summed E-state index contributed by atoms with van der Waals surface area (Å²) < 4.78 is 0. The van der Waals surface area contributed by atoms with Crippen LogP contribution < -0.4 is 4.90 Å². The van der Waals surface area contributed by atoms with Gasteiger partial charge in [0.2, 0.25) is 0 Å². The maximum absolute atomic E-state index is 5.96. The molecule has 1 aliphatic heterocycles. The van der Waals surface area contributed by atoms with E-state index in [-0.39, 0.29) is 0 Å². The Morgan fingerprint density at radius 1 is 0.962 bits per heavy atom. The standard InChI is InChI=1S/C24H31NS/c1-3-4-5-7-10-21-17-22(20-15-13-19(2)14-16-20)18-25(24(21)26)23-11-8-6-9-12-23/h6,8-9,11-16,21-22H,3-5,7,10,17-18H2,1-2H3. The first-order valence-corrected chi connectivity index (χ1v) is 10.5. The monoisotopic (exact) mass is 365 g/mol. The van der Waals surface area contributed by atoms with Gasteiger partial charge in [-0.3, -0.25) is 0 Å². The van der Waals surface area contributed by atoms with Crippen molar-refractivity contribution in [3.05, 3.63) is 65.7 Å². The highest BCUT2D eigenvalue weighted by Crippen LogP contribution is 2.36. The quantitative estimate of drug-likeness (QED) is 0.388. The van der Waals surface area contributed by atoms with Crippen LogP contribution in [0.1, 0.15) is 62.5 Å². The van der Waals surface area contributed by atoms with Gasteiger partial charge in [0.05, 0.1) is 4.99 Å². The van der Waals surface area contributed by atoms with Crippen molar-refractivity contribution >= 4 is 22.9 Å². The molecule has 1 heterocycles. The molecule has 0 spiro atoms. The summed E-state index contributed by atoms with van der Waals surface area (Å²) >= 11 is 5.96. The Balaban J connectivity index is 1.80. The van der Waals surface area contributed by atoms with Gasteiger partial charge in [0, 0.05) is 24.1 Å². The normalized spacial score (nSPS) is 20.4. The first kappa shape index (κ1) is 19.1. The van der Waals surface area contributed by atoms with Crippen molar-refractivity contribution in [1.29, 1.82) is 0 Å². The van der Waals surface area contributed by atoms with Crippen LogP contribution >= 0.6 is 12.2 Å². The second kappa shape index (κ2) is 9.32. The third kappa shape index (κ3) is 4.73. The zero-order chi connectivity index (χ0) is 18.4. The number of anilines is 1. The number of aryl methyl sites for hydroxylation is 1. The van der Waals surface area contributed by atoms with Crippen LogP contribution in [0.2, 0.25) is 0 Å². The Kier molecular flexibility index (Phi) is 6.85. The van der Waals surface area contributed by atoms with E-state index in [0.29, 0.717) is 11.8 Å². The minimum Gasteiger partial charge on any atom is -0.335 e. The van der Waals surface area contributed by atoms with Crippen LogP contribution in [-0.4, -0.2) is 11.5 Å². The van der Waals surface area contributed by atoms with E-state index in [1.165, 1.54) is 55.3 Å². The van der Waals surface area contributed by atoms with Crippen molar-refractivity contribution in [3.63, 3.8) is 0 Å². The SMILES string of the molecule is CCCCCCC1CC(c2ccc(C)cc2)CN(c2ccccc2)C1=S. The molecule has 0 N–H and O–H groups in total. The Bertz CT molecular complexity index is 692. The summed E-state index contributed by atoms with van der Waals surface area (Å²) in [4.78, 5) is 3.55. The second-order valence-corrected chi connectivity index (χ2v) is 8.09. The minimum absolute atomic E-state index is 0.516. The number of thiocarbonyl (C=S) groups is 1. The highest BCUT2D eigenvalue weighted by molar-refractivity contribution is 7.80. The molecule has 1 saturated heterocycles. The Morgan fingerprint density at radius 3 is 2.38 bits per heavy atom. The Hall–Kier alpha value is -1.67. The van der Waals surface area contributed by atoms with Gasteiger partial charge in [-0.25, -0.2) is 0 Å². The number of unbranched alkanes of at least 4 members (excludes halogenated alkanes) is 3. The molecule has 2 heteroatoms. The average Bonchev–Trinajstić information content (AvgIpc) is 2.68. The number of para-hydroxylation sites is 1. The van der Waals surface area contributed by atoms with E-state index in [2.05, 4.69) is 73.3 Å². The molecule has 2 unspecified atom stereocenters. The van der Waals surface area contributed by atoms with E-state index in [1.54, 1.807) is 0 Å². The molecule has 2 aromatic carbocycles. The van der Waals surface area contributed by atoms with Crippen LogP contribution in [-0.2, 0) is 0 Å². The van der Waals surface area contributed by atoms with Gasteiger partial charge in [-0.15, -0.1) is 0 Å². The van der Waals surface area contributed by atoms with Crippen LogP contribution in [0.15, 0.2) is 54.6 Å². The summed E-state index contributed by atoms with van der Waals surface area (Å²) in [5.74, 6) is 1.07. The zero-order valence-electron chi connectivity index (χ0n) is 16.2. The van der Waals surface area contributed by atoms with Crippen molar-refractivity contribution in [3.8, 4) is 0 Å². The molecule has 3 rings (SSSR count). The van der Waals surface area contributed by atoms with Gasteiger partial charge >= 0.3 is 0 Å². The number of benzene rings is 2. The van der Waals surface area contributed by atoms with Crippen LogP contribution in [0, 0.1) is 12.8 Å². The molecule has 26 heavy (non-hydrogen) atoms. The maximum Gasteiger partial charge on any atom is 0.0855 e. The van der Waals surface area contributed by atoms with Crippen molar-refractivity contribution < 1.29 is 0 Å². The summed E-state index contributed by atoms with van der Waals surface area (Å²) in [5.41, 5.74) is 4.03. The average molecular weight is 366 g/mol. The van der Waals surface area contributed by atoms with Gasteiger partial charge < -0.3 is 4.90 Å². The summed E-state index contributed by atoms with van der Waals surface area (Å²) in [7, 11) is 0. The fraction of sp³-hybridized carbons (Fsp3) is 0.458. The third-order valence-corrected chi connectivity index (χ3v) is 6.16. The molecule has 1 fully saturated rings. The summed E-state index contributed by atoms with van der Waals surface area (Å²) in [6.45, 7) is 5.43. The molecule has 0 amide bonds. The molecule has 0 bridgehead atoms. The highest BCUT2D eigenvalue weighted by atomic mass is 32.1. The molecule has 1 aliphatic rings. The number of hydrogen-bond donors (Lipinski definition) is 0.